The van der Waals surface area contributed by atoms with Crippen molar-refractivity contribution < 1.29 is 8.42 Å². The number of hydrogen-bond acceptors (Lipinski definition) is 5. The Labute approximate surface area is 181 Å². The van der Waals surface area contributed by atoms with Gasteiger partial charge in [0, 0.05) is 51.0 Å². The molecule has 0 aromatic heterocycles. The number of hydrogen-bond donors (Lipinski definition) is 2. The zero-order valence-electron chi connectivity index (χ0n) is 18.4. The monoisotopic (exact) mass is 435 g/mol. The van der Waals surface area contributed by atoms with Gasteiger partial charge in [0.15, 0.2) is 15.8 Å². The van der Waals surface area contributed by atoms with Gasteiger partial charge in [0.2, 0.25) is 0 Å². The van der Waals surface area contributed by atoms with E-state index in [4.69, 9.17) is 0 Å². The van der Waals surface area contributed by atoms with Crippen LogP contribution in [0.4, 0.5) is 5.69 Å². The Morgan fingerprint density at radius 2 is 2.00 bits per heavy atom. The minimum atomic E-state index is -2.88. The first-order valence-electron chi connectivity index (χ1n) is 11.2. The van der Waals surface area contributed by atoms with E-state index in [9.17, 15) is 8.42 Å². The van der Waals surface area contributed by atoms with E-state index in [1.807, 2.05) is 6.92 Å². The van der Waals surface area contributed by atoms with Crippen LogP contribution in [-0.4, -0.2) is 82.6 Å². The Kier molecular flexibility index (Phi) is 8.39. The molecule has 2 N–H and O–H groups in total. The predicted molar refractivity (Wildman–Crippen MR) is 125 cm³/mol. The van der Waals surface area contributed by atoms with Crippen LogP contribution in [0.2, 0.25) is 0 Å². The average Bonchev–Trinajstić information content (AvgIpc) is 3.06. The SMILES string of the molecule is CCNC(=NCCCCN1CCN(c2cccc(C)c2)CC1)NC1CCS(=O)(=O)C1. The van der Waals surface area contributed by atoms with E-state index in [2.05, 4.69) is 56.6 Å². The van der Waals surface area contributed by atoms with Gasteiger partial charge in [0.1, 0.15) is 0 Å². The molecule has 2 aliphatic rings. The highest BCUT2D eigenvalue weighted by Gasteiger charge is 2.28. The van der Waals surface area contributed by atoms with Crippen LogP contribution in [0.1, 0.15) is 31.7 Å². The molecule has 0 spiro atoms. The molecule has 8 heteroatoms. The van der Waals surface area contributed by atoms with Crippen molar-refractivity contribution in [2.24, 2.45) is 4.99 Å². The van der Waals surface area contributed by atoms with Crippen molar-refractivity contribution in [1.29, 1.82) is 0 Å². The molecule has 1 unspecified atom stereocenters. The molecular weight excluding hydrogens is 398 g/mol. The fourth-order valence-electron chi connectivity index (χ4n) is 4.11. The first-order valence-corrected chi connectivity index (χ1v) is 13.1. The standard InChI is InChI=1S/C22H37N5O2S/c1-3-23-22(25-20-9-16-30(28,29)18-20)24-10-4-5-11-26-12-14-27(15-13-26)21-8-6-7-19(2)17-21/h6-8,17,20H,3-5,9-16,18H2,1-2H3,(H2,23,24,25). The predicted octanol–water partition coefficient (Wildman–Crippen LogP) is 1.64. The van der Waals surface area contributed by atoms with Crippen LogP contribution >= 0.6 is 0 Å². The Morgan fingerprint density at radius 3 is 2.67 bits per heavy atom. The maximum Gasteiger partial charge on any atom is 0.191 e. The third-order valence-corrected chi connectivity index (χ3v) is 7.58. The molecule has 2 aliphatic heterocycles. The number of nitrogens with one attached hydrogen (secondary N) is 2. The molecule has 3 rings (SSSR count). The molecular formula is C22H37N5O2S. The lowest BCUT2D eigenvalue weighted by atomic mass is 10.2. The summed E-state index contributed by atoms with van der Waals surface area (Å²) in [7, 11) is -2.88. The molecule has 7 nitrogen and oxygen atoms in total. The molecule has 2 fully saturated rings. The summed E-state index contributed by atoms with van der Waals surface area (Å²) >= 11 is 0. The van der Waals surface area contributed by atoms with Gasteiger partial charge >= 0.3 is 0 Å². The van der Waals surface area contributed by atoms with E-state index < -0.39 is 9.84 Å². The maximum absolute atomic E-state index is 11.6. The second-order valence-electron chi connectivity index (χ2n) is 8.38. The lowest BCUT2D eigenvalue weighted by molar-refractivity contribution is 0.253. The van der Waals surface area contributed by atoms with Crippen molar-refractivity contribution in [2.75, 3.05) is 62.2 Å². The third-order valence-electron chi connectivity index (χ3n) is 5.81. The van der Waals surface area contributed by atoms with Gasteiger partial charge < -0.3 is 15.5 Å². The van der Waals surface area contributed by atoms with E-state index in [0.717, 1.165) is 64.6 Å². The van der Waals surface area contributed by atoms with Crippen molar-refractivity contribution in [3.63, 3.8) is 0 Å². The lowest BCUT2D eigenvalue weighted by Crippen LogP contribution is -2.46. The largest absolute Gasteiger partial charge is 0.369 e. The first kappa shape index (κ1) is 22.9. The van der Waals surface area contributed by atoms with Gasteiger partial charge in [-0.2, -0.15) is 0 Å². The van der Waals surface area contributed by atoms with Gasteiger partial charge in [0.05, 0.1) is 11.5 Å². The third kappa shape index (κ3) is 7.16. The molecule has 0 bridgehead atoms. The van der Waals surface area contributed by atoms with Gasteiger partial charge in [-0.25, -0.2) is 8.42 Å². The quantitative estimate of drug-likeness (QED) is 0.367. The topological polar surface area (TPSA) is 77.0 Å². The number of guanidine groups is 1. The van der Waals surface area contributed by atoms with Crippen molar-refractivity contribution in [3.8, 4) is 0 Å². The van der Waals surface area contributed by atoms with Crippen LogP contribution in [-0.2, 0) is 9.84 Å². The van der Waals surface area contributed by atoms with Crippen LogP contribution in [0.5, 0.6) is 0 Å². The number of unbranched alkanes of at least 4 members (excludes halogenated alkanes) is 1. The van der Waals surface area contributed by atoms with Crippen LogP contribution in [0.15, 0.2) is 29.3 Å². The second-order valence-corrected chi connectivity index (χ2v) is 10.6. The zero-order chi connectivity index (χ0) is 21.4. The van der Waals surface area contributed by atoms with E-state index in [1.54, 1.807) is 0 Å². The highest BCUT2D eigenvalue weighted by molar-refractivity contribution is 7.91. The number of rotatable bonds is 8. The summed E-state index contributed by atoms with van der Waals surface area (Å²) in [5.74, 6) is 1.24. The van der Waals surface area contributed by atoms with Crippen LogP contribution < -0.4 is 15.5 Å². The Balaban J connectivity index is 1.34. The summed E-state index contributed by atoms with van der Waals surface area (Å²) in [6.45, 7) is 11.2. The fourth-order valence-corrected chi connectivity index (χ4v) is 5.79. The summed E-state index contributed by atoms with van der Waals surface area (Å²) in [5, 5.41) is 6.51. The highest BCUT2D eigenvalue weighted by atomic mass is 32.2. The van der Waals surface area contributed by atoms with Gasteiger partial charge in [-0.1, -0.05) is 12.1 Å². The number of nitrogens with zero attached hydrogens (tertiary/aromatic N) is 3. The summed E-state index contributed by atoms with van der Waals surface area (Å²) in [6.07, 6.45) is 2.84. The smallest absolute Gasteiger partial charge is 0.191 e. The van der Waals surface area contributed by atoms with E-state index in [-0.39, 0.29) is 17.5 Å². The minimum Gasteiger partial charge on any atom is -0.369 e. The van der Waals surface area contributed by atoms with Crippen molar-refractivity contribution in [2.45, 2.75) is 39.2 Å². The highest BCUT2D eigenvalue weighted by Crippen LogP contribution is 2.18. The lowest BCUT2D eigenvalue weighted by Gasteiger charge is -2.36. The number of anilines is 1. The molecule has 0 amide bonds. The number of aryl methyl sites for hydroxylation is 1. The summed E-state index contributed by atoms with van der Waals surface area (Å²) in [6, 6.07) is 8.74. The van der Waals surface area contributed by atoms with E-state index >= 15 is 0 Å². The molecule has 1 aromatic rings. The van der Waals surface area contributed by atoms with Crippen molar-refractivity contribution in [3.05, 3.63) is 29.8 Å². The molecule has 0 radical (unpaired) electrons. The Morgan fingerprint density at radius 1 is 1.20 bits per heavy atom. The molecule has 1 aromatic carbocycles. The van der Waals surface area contributed by atoms with Crippen LogP contribution in [0.25, 0.3) is 0 Å². The Bertz CT molecular complexity index is 804. The van der Waals surface area contributed by atoms with Crippen LogP contribution in [0.3, 0.4) is 0 Å². The van der Waals surface area contributed by atoms with E-state index in [1.165, 1.54) is 11.3 Å². The first-order chi connectivity index (χ1) is 14.4. The number of aliphatic imine (C=N–C) groups is 1. The molecule has 2 heterocycles. The molecule has 0 aliphatic carbocycles. The van der Waals surface area contributed by atoms with Gasteiger partial charge in [-0.15, -0.1) is 0 Å². The van der Waals surface area contributed by atoms with Gasteiger partial charge in [-0.3, -0.25) is 9.89 Å². The fraction of sp³-hybridized carbons (Fsp3) is 0.682. The average molecular weight is 436 g/mol. The maximum atomic E-state index is 11.6. The minimum absolute atomic E-state index is 0.0162. The molecule has 168 valence electrons. The van der Waals surface area contributed by atoms with Crippen LogP contribution in [0, 0.1) is 6.92 Å². The summed E-state index contributed by atoms with van der Waals surface area (Å²) < 4.78 is 23.3. The van der Waals surface area contributed by atoms with Gasteiger partial charge in [-0.05, 0) is 57.4 Å². The van der Waals surface area contributed by atoms with Crippen molar-refractivity contribution in [1.82, 2.24) is 15.5 Å². The summed E-state index contributed by atoms with van der Waals surface area (Å²) in [5.41, 5.74) is 2.65. The van der Waals surface area contributed by atoms with Gasteiger partial charge in [0.25, 0.3) is 0 Å². The normalized spacial score (nSPS) is 22.3. The zero-order valence-corrected chi connectivity index (χ0v) is 19.3. The van der Waals surface area contributed by atoms with E-state index in [0.29, 0.717) is 6.42 Å². The number of benzene rings is 1. The van der Waals surface area contributed by atoms with Crippen molar-refractivity contribution >= 4 is 21.5 Å². The molecule has 0 saturated carbocycles. The number of sulfone groups is 1. The number of piperazine rings is 1. The molecule has 2 saturated heterocycles. The molecule has 1 atom stereocenters. The second kappa shape index (κ2) is 11.0. The summed E-state index contributed by atoms with van der Waals surface area (Å²) in [4.78, 5) is 9.66. The molecule has 30 heavy (non-hydrogen) atoms. The Hall–Kier alpha value is -1.80.